The molecule has 1 atom stereocenters. The Morgan fingerprint density at radius 1 is 0.977 bits per heavy atom. The minimum absolute atomic E-state index is 0.0751. The summed E-state index contributed by atoms with van der Waals surface area (Å²) in [5, 5.41) is 0.375. The summed E-state index contributed by atoms with van der Waals surface area (Å²) in [5.41, 5.74) is 2.62. The molecule has 1 fully saturated rings. The molecule has 2 aromatic heterocycles. The topological polar surface area (TPSA) is 122 Å². The van der Waals surface area contributed by atoms with Crippen LogP contribution in [0.2, 0.25) is 5.02 Å². The number of fused-ring (bicyclic) bond motifs is 1. The zero-order valence-electron chi connectivity index (χ0n) is 23.9. The summed E-state index contributed by atoms with van der Waals surface area (Å²) in [7, 11) is -4.07. The Morgan fingerprint density at radius 3 is 2.28 bits per heavy atom. The second-order valence-electron chi connectivity index (χ2n) is 11.0. The Balaban J connectivity index is 1.42. The van der Waals surface area contributed by atoms with Crippen molar-refractivity contribution in [3.63, 3.8) is 0 Å². The molecule has 222 valence electrons. The first-order valence-corrected chi connectivity index (χ1v) is 15.6. The number of carbonyl (C=O) groups excluding carboxylic acids is 2. The lowest BCUT2D eigenvalue weighted by Gasteiger charge is -2.34. The smallest absolute Gasteiger partial charge is 0.260 e. The quantitative estimate of drug-likeness (QED) is 0.322. The summed E-state index contributed by atoms with van der Waals surface area (Å²) in [5.74, 6) is -0.220. The van der Waals surface area contributed by atoms with Crippen molar-refractivity contribution in [2.24, 2.45) is 0 Å². The molecule has 43 heavy (non-hydrogen) atoms. The highest BCUT2D eigenvalue weighted by Gasteiger charge is 2.52. The van der Waals surface area contributed by atoms with Crippen molar-refractivity contribution in [3.05, 3.63) is 83.5 Å². The van der Waals surface area contributed by atoms with Gasteiger partial charge < -0.3 is 4.90 Å². The van der Waals surface area contributed by atoms with Crippen LogP contribution in [0.4, 0.5) is 11.6 Å². The third-order valence-corrected chi connectivity index (χ3v) is 10.1. The molecule has 4 heterocycles. The highest BCUT2D eigenvalue weighted by Crippen LogP contribution is 2.44. The van der Waals surface area contributed by atoms with Crippen LogP contribution >= 0.6 is 11.6 Å². The van der Waals surface area contributed by atoms with Gasteiger partial charge >= 0.3 is 0 Å². The third kappa shape index (κ3) is 5.09. The molecule has 0 saturated carbocycles. The SMILES string of the molecule is CC(=O)N1CCN(S(=O)(=O)c2cnc3n2[C@](C)(Cc2ccc(-c4cncnc4)cc2)C(=O)N3c2cc(C)cc(Cl)c2)CC1. The van der Waals surface area contributed by atoms with Gasteiger partial charge in [0.2, 0.25) is 11.9 Å². The van der Waals surface area contributed by atoms with Crippen molar-refractivity contribution in [2.75, 3.05) is 31.1 Å². The molecule has 1 saturated heterocycles. The molecule has 4 aromatic rings. The minimum atomic E-state index is -4.07. The van der Waals surface area contributed by atoms with Crippen molar-refractivity contribution >= 4 is 45.1 Å². The number of hydrogen-bond donors (Lipinski definition) is 0. The predicted octanol–water partition coefficient (Wildman–Crippen LogP) is 3.79. The number of carbonyl (C=O) groups is 2. The molecular weight excluding hydrogens is 590 g/mol. The van der Waals surface area contributed by atoms with Crippen LogP contribution in [0, 0.1) is 6.92 Å². The van der Waals surface area contributed by atoms with Gasteiger partial charge in [0, 0.05) is 62.5 Å². The molecule has 6 rings (SSSR count). The normalized spacial score (nSPS) is 19.1. The Bertz CT molecular complexity index is 1800. The van der Waals surface area contributed by atoms with Gasteiger partial charge in [-0.2, -0.15) is 4.31 Å². The monoisotopic (exact) mass is 619 g/mol. The van der Waals surface area contributed by atoms with Gasteiger partial charge in [-0.1, -0.05) is 35.9 Å². The molecule has 2 aliphatic rings. The molecule has 0 bridgehead atoms. The Kier molecular flexibility index (Phi) is 7.31. The maximum absolute atomic E-state index is 14.4. The number of rotatable bonds is 6. The lowest BCUT2D eigenvalue weighted by Crippen LogP contribution is -2.50. The van der Waals surface area contributed by atoms with Crippen LogP contribution in [-0.4, -0.2) is 75.1 Å². The maximum Gasteiger partial charge on any atom is 0.260 e. The van der Waals surface area contributed by atoms with E-state index >= 15 is 0 Å². The van der Waals surface area contributed by atoms with Gasteiger partial charge in [0.25, 0.3) is 15.9 Å². The van der Waals surface area contributed by atoms with Crippen LogP contribution in [0.15, 0.2) is 72.4 Å². The van der Waals surface area contributed by atoms with Crippen molar-refractivity contribution in [1.82, 2.24) is 28.7 Å². The molecule has 0 unspecified atom stereocenters. The largest absolute Gasteiger partial charge is 0.340 e. The number of nitrogens with zero attached hydrogens (tertiary/aromatic N) is 7. The van der Waals surface area contributed by atoms with Gasteiger partial charge in [-0.25, -0.2) is 28.3 Å². The van der Waals surface area contributed by atoms with Crippen LogP contribution in [0.3, 0.4) is 0 Å². The lowest BCUT2D eigenvalue weighted by molar-refractivity contribution is -0.130. The van der Waals surface area contributed by atoms with Gasteiger partial charge in [-0.3, -0.25) is 14.2 Å². The van der Waals surface area contributed by atoms with Crippen LogP contribution in [0.25, 0.3) is 11.1 Å². The fourth-order valence-corrected chi connectivity index (χ4v) is 7.72. The van der Waals surface area contributed by atoms with E-state index in [1.807, 2.05) is 37.3 Å². The first-order chi connectivity index (χ1) is 20.5. The summed E-state index contributed by atoms with van der Waals surface area (Å²) < 4.78 is 31.1. The number of aryl methyl sites for hydroxylation is 1. The maximum atomic E-state index is 14.4. The number of imidazole rings is 1. The van der Waals surface area contributed by atoms with Gasteiger partial charge in [-0.05, 0) is 48.7 Å². The second kappa shape index (κ2) is 10.9. The number of piperazine rings is 1. The van der Waals surface area contributed by atoms with E-state index in [2.05, 4.69) is 15.0 Å². The first kappa shape index (κ1) is 29.0. The summed E-state index contributed by atoms with van der Waals surface area (Å²) in [6.07, 6.45) is 6.43. The van der Waals surface area contributed by atoms with Gasteiger partial charge in [0.1, 0.15) is 11.9 Å². The molecule has 0 N–H and O–H groups in total. The van der Waals surface area contributed by atoms with E-state index in [9.17, 15) is 18.0 Å². The molecule has 13 heteroatoms. The van der Waals surface area contributed by atoms with Crippen LogP contribution in [-0.2, 0) is 31.6 Å². The Hall–Kier alpha value is -4.13. The molecule has 11 nitrogen and oxygen atoms in total. The first-order valence-electron chi connectivity index (χ1n) is 13.8. The predicted molar refractivity (Wildman–Crippen MR) is 161 cm³/mol. The number of anilines is 2. The molecule has 0 aliphatic carbocycles. The zero-order chi connectivity index (χ0) is 30.5. The summed E-state index contributed by atoms with van der Waals surface area (Å²) >= 11 is 6.38. The number of aromatic nitrogens is 4. The van der Waals surface area contributed by atoms with E-state index < -0.39 is 15.6 Å². The fourth-order valence-electron chi connectivity index (χ4n) is 5.83. The number of amides is 2. The number of benzene rings is 2. The van der Waals surface area contributed by atoms with E-state index in [4.69, 9.17) is 11.6 Å². The highest BCUT2D eigenvalue weighted by atomic mass is 35.5. The number of hydrogen-bond acceptors (Lipinski definition) is 7. The van der Waals surface area contributed by atoms with Gasteiger partial charge in [0.05, 0.1) is 11.9 Å². The lowest BCUT2D eigenvalue weighted by atomic mass is 9.91. The highest BCUT2D eigenvalue weighted by molar-refractivity contribution is 7.89. The van der Waals surface area contributed by atoms with E-state index in [-0.39, 0.29) is 42.3 Å². The van der Waals surface area contributed by atoms with Crippen LogP contribution < -0.4 is 4.90 Å². The standard InChI is InChI=1S/C30H30ClN7O4S/c1-20-12-25(31)14-26(13-20)37-28(40)30(3,15-22-4-6-23(7-5-22)24-16-32-19-33-17-24)38-27(18-34-29(37)38)43(41,42)36-10-8-35(9-11-36)21(2)39/h4-7,12-14,16-19H,8-11,15H2,1-3H3/t30-/m1/s1. The zero-order valence-corrected chi connectivity index (χ0v) is 25.5. The second-order valence-corrected chi connectivity index (χ2v) is 13.4. The van der Waals surface area contributed by atoms with E-state index in [1.165, 1.54) is 33.2 Å². The summed E-state index contributed by atoms with van der Waals surface area (Å²) in [6.45, 7) is 5.96. The molecule has 0 spiro atoms. The average Bonchev–Trinajstić information content (AvgIpc) is 3.51. The number of halogens is 1. The molecule has 0 radical (unpaired) electrons. The summed E-state index contributed by atoms with van der Waals surface area (Å²) in [6, 6.07) is 13.0. The molecule has 2 aliphatic heterocycles. The average molecular weight is 620 g/mol. The van der Waals surface area contributed by atoms with Crippen molar-refractivity contribution in [2.45, 2.75) is 37.8 Å². The summed E-state index contributed by atoms with van der Waals surface area (Å²) in [4.78, 5) is 41.9. The van der Waals surface area contributed by atoms with Crippen molar-refractivity contribution in [3.8, 4) is 11.1 Å². The van der Waals surface area contributed by atoms with E-state index in [0.29, 0.717) is 23.8 Å². The van der Waals surface area contributed by atoms with E-state index in [1.54, 1.807) is 36.4 Å². The minimum Gasteiger partial charge on any atom is -0.340 e. The number of sulfonamides is 1. The van der Waals surface area contributed by atoms with Gasteiger partial charge in [0.15, 0.2) is 5.03 Å². The molecular formula is C30H30ClN7O4S. The van der Waals surface area contributed by atoms with Crippen molar-refractivity contribution < 1.29 is 18.0 Å². The Morgan fingerprint density at radius 2 is 1.65 bits per heavy atom. The van der Waals surface area contributed by atoms with Crippen molar-refractivity contribution in [1.29, 1.82) is 0 Å². The van der Waals surface area contributed by atoms with Crippen LogP contribution in [0.1, 0.15) is 25.0 Å². The Labute approximate surface area is 254 Å². The molecule has 2 amide bonds. The molecule has 2 aromatic carbocycles. The van der Waals surface area contributed by atoms with Gasteiger partial charge in [-0.15, -0.1) is 0 Å². The van der Waals surface area contributed by atoms with Crippen LogP contribution in [0.5, 0.6) is 0 Å². The fraction of sp³-hybridized carbons (Fsp3) is 0.300. The van der Waals surface area contributed by atoms with E-state index in [0.717, 1.165) is 22.3 Å². The third-order valence-electron chi connectivity index (χ3n) is 8.04.